The maximum Gasteiger partial charge on any atom is 0.273 e. The average molecular weight is 358 g/mol. The first kappa shape index (κ1) is 19.2. The van der Waals surface area contributed by atoms with Crippen molar-refractivity contribution in [2.75, 3.05) is 14.2 Å². The molecule has 2 aromatic rings. The van der Waals surface area contributed by atoms with E-state index in [0.717, 1.165) is 5.56 Å². The first-order chi connectivity index (χ1) is 12.4. The molecule has 7 nitrogen and oxygen atoms in total. The van der Waals surface area contributed by atoms with Crippen LogP contribution in [0.2, 0.25) is 0 Å². The van der Waals surface area contributed by atoms with E-state index in [0.29, 0.717) is 23.5 Å². The van der Waals surface area contributed by atoms with Crippen LogP contribution in [-0.4, -0.2) is 25.1 Å². The summed E-state index contributed by atoms with van der Waals surface area (Å²) in [5.74, 6) is 0.810. The van der Waals surface area contributed by atoms with E-state index < -0.39 is 4.92 Å². The summed E-state index contributed by atoms with van der Waals surface area (Å²) in [6, 6.07) is 9.63. The van der Waals surface area contributed by atoms with E-state index in [1.165, 1.54) is 6.07 Å². The standard InChI is InChI=1S/C19H22N2O5/c1-5-15(13-8-9-17(25-3)18(11-13)26-4)20-19(22)14-7-6-12(2)16(10-14)21(23)24/h6-11,15H,5H2,1-4H3,(H,20,22)/t15-/m0/s1. The SMILES string of the molecule is CC[C@H](NC(=O)c1ccc(C)c([N+](=O)[O-])c1)c1ccc(OC)c(OC)c1. The van der Waals surface area contributed by atoms with Crippen LogP contribution in [0.15, 0.2) is 36.4 Å². The molecule has 2 aromatic carbocycles. The molecule has 0 aromatic heterocycles. The molecule has 26 heavy (non-hydrogen) atoms. The van der Waals surface area contributed by atoms with E-state index in [4.69, 9.17) is 9.47 Å². The Morgan fingerprint density at radius 3 is 2.42 bits per heavy atom. The fourth-order valence-electron chi connectivity index (χ4n) is 2.68. The quantitative estimate of drug-likeness (QED) is 0.600. The van der Waals surface area contributed by atoms with Crippen LogP contribution in [0.25, 0.3) is 0 Å². The predicted octanol–water partition coefficient (Wildman–Crippen LogP) is 3.80. The van der Waals surface area contributed by atoms with Crippen molar-refractivity contribution in [1.29, 1.82) is 0 Å². The number of nitro groups is 1. The van der Waals surface area contributed by atoms with E-state index in [1.54, 1.807) is 39.3 Å². The molecule has 0 aliphatic carbocycles. The highest BCUT2D eigenvalue weighted by molar-refractivity contribution is 5.95. The summed E-state index contributed by atoms with van der Waals surface area (Å²) in [5, 5.41) is 14.0. The van der Waals surface area contributed by atoms with Crippen LogP contribution in [0, 0.1) is 17.0 Å². The molecule has 0 fully saturated rings. The lowest BCUT2D eigenvalue weighted by atomic mass is 10.0. The number of ether oxygens (including phenoxy) is 2. The van der Waals surface area contributed by atoms with Crippen LogP contribution in [0.1, 0.15) is 40.9 Å². The van der Waals surface area contributed by atoms with Gasteiger partial charge in [0.2, 0.25) is 0 Å². The Morgan fingerprint density at radius 1 is 1.15 bits per heavy atom. The number of nitrogens with one attached hydrogen (secondary N) is 1. The Hall–Kier alpha value is -3.09. The molecule has 1 N–H and O–H groups in total. The fraction of sp³-hybridized carbons (Fsp3) is 0.316. The highest BCUT2D eigenvalue weighted by atomic mass is 16.6. The zero-order chi connectivity index (χ0) is 19.3. The highest BCUT2D eigenvalue weighted by Crippen LogP contribution is 2.31. The van der Waals surface area contributed by atoms with Crippen LogP contribution in [0.4, 0.5) is 5.69 Å². The Kier molecular flexibility index (Phi) is 6.16. The van der Waals surface area contributed by atoms with E-state index in [2.05, 4.69) is 5.32 Å². The molecule has 0 aliphatic heterocycles. The number of methoxy groups -OCH3 is 2. The average Bonchev–Trinajstić information content (AvgIpc) is 2.65. The van der Waals surface area contributed by atoms with E-state index in [-0.39, 0.29) is 23.2 Å². The number of rotatable bonds is 7. The lowest BCUT2D eigenvalue weighted by molar-refractivity contribution is -0.385. The van der Waals surface area contributed by atoms with E-state index in [9.17, 15) is 14.9 Å². The van der Waals surface area contributed by atoms with Crippen molar-refractivity contribution >= 4 is 11.6 Å². The van der Waals surface area contributed by atoms with Gasteiger partial charge in [-0.2, -0.15) is 0 Å². The van der Waals surface area contributed by atoms with Gasteiger partial charge in [-0.05, 0) is 37.1 Å². The Labute approximate surface area is 152 Å². The number of aryl methyl sites for hydroxylation is 1. The van der Waals surface area contributed by atoms with Gasteiger partial charge in [0.25, 0.3) is 11.6 Å². The van der Waals surface area contributed by atoms with E-state index >= 15 is 0 Å². The number of carbonyl (C=O) groups excluding carboxylic acids is 1. The lowest BCUT2D eigenvalue weighted by Crippen LogP contribution is -2.28. The van der Waals surface area contributed by atoms with Gasteiger partial charge in [0, 0.05) is 17.2 Å². The summed E-state index contributed by atoms with van der Waals surface area (Å²) in [6.07, 6.45) is 0.648. The molecular weight excluding hydrogens is 336 g/mol. The molecule has 7 heteroatoms. The highest BCUT2D eigenvalue weighted by Gasteiger charge is 2.19. The monoisotopic (exact) mass is 358 g/mol. The topological polar surface area (TPSA) is 90.7 Å². The predicted molar refractivity (Wildman–Crippen MR) is 97.9 cm³/mol. The zero-order valence-electron chi connectivity index (χ0n) is 15.2. The van der Waals surface area contributed by atoms with Gasteiger partial charge in [0.05, 0.1) is 25.2 Å². The van der Waals surface area contributed by atoms with Crippen molar-refractivity contribution in [2.24, 2.45) is 0 Å². The molecule has 1 amide bonds. The van der Waals surface area contributed by atoms with E-state index in [1.807, 2.05) is 19.1 Å². The molecule has 0 saturated heterocycles. The minimum absolute atomic E-state index is 0.0724. The van der Waals surface area contributed by atoms with Gasteiger partial charge in [0.1, 0.15) is 0 Å². The Bertz CT molecular complexity index is 820. The maximum absolute atomic E-state index is 12.6. The second kappa shape index (κ2) is 8.33. The van der Waals surface area contributed by atoms with Crippen molar-refractivity contribution in [3.8, 4) is 11.5 Å². The second-order valence-electron chi connectivity index (χ2n) is 5.81. The van der Waals surface area contributed by atoms with Crippen molar-refractivity contribution in [3.63, 3.8) is 0 Å². The number of benzene rings is 2. The van der Waals surface area contributed by atoms with Crippen molar-refractivity contribution in [1.82, 2.24) is 5.32 Å². The van der Waals surface area contributed by atoms with Crippen molar-refractivity contribution in [2.45, 2.75) is 26.3 Å². The zero-order valence-corrected chi connectivity index (χ0v) is 15.2. The van der Waals surface area contributed by atoms with Crippen LogP contribution in [0.5, 0.6) is 11.5 Å². The van der Waals surface area contributed by atoms with Crippen molar-refractivity contribution in [3.05, 3.63) is 63.2 Å². The van der Waals surface area contributed by atoms with Gasteiger partial charge in [-0.3, -0.25) is 14.9 Å². The normalized spacial score (nSPS) is 11.5. The number of hydrogen-bond donors (Lipinski definition) is 1. The smallest absolute Gasteiger partial charge is 0.273 e. The molecule has 0 saturated carbocycles. The van der Waals surface area contributed by atoms with Gasteiger partial charge in [-0.1, -0.05) is 19.1 Å². The second-order valence-corrected chi connectivity index (χ2v) is 5.81. The Morgan fingerprint density at radius 2 is 1.85 bits per heavy atom. The maximum atomic E-state index is 12.6. The molecule has 0 heterocycles. The van der Waals surface area contributed by atoms with Gasteiger partial charge >= 0.3 is 0 Å². The van der Waals surface area contributed by atoms with Crippen LogP contribution >= 0.6 is 0 Å². The van der Waals surface area contributed by atoms with Gasteiger partial charge in [-0.25, -0.2) is 0 Å². The van der Waals surface area contributed by atoms with Gasteiger partial charge in [-0.15, -0.1) is 0 Å². The third kappa shape index (κ3) is 4.11. The first-order valence-corrected chi connectivity index (χ1v) is 8.19. The number of carbonyl (C=O) groups is 1. The number of hydrogen-bond acceptors (Lipinski definition) is 5. The third-order valence-corrected chi connectivity index (χ3v) is 4.19. The molecule has 2 rings (SSSR count). The van der Waals surface area contributed by atoms with Crippen LogP contribution in [-0.2, 0) is 0 Å². The molecule has 0 aliphatic rings. The molecule has 138 valence electrons. The molecule has 0 spiro atoms. The summed E-state index contributed by atoms with van der Waals surface area (Å²) in [4.78, 5) is 23.1. The summed E-state index contributed by atoms with van der Waals surface area (Å²) < 4.78 is 10.5. The molecular formula is C19H22N2O5. The molecule has 0 radical (unpaired) electrons. The summed E-state index contributed by atoms with van der Waals surface area (Å²) in [5.41, 5.74) is 1.55. The van der Waals surface area contributed by atoms with Gasteiger partial charge < -0.3 is 14.8 Å². The van der Waals surface area contributed by atoms with Crippen LogP contribution in [0.3, 0.4) is 0 Å². The van der Waals surface area contributed by atoms with Crippen molar-refractivity contribution < 1.29 is 19.2 Å². The summed E-state index contributed by atoms with van der Waals surface area (Å²) >= 11 is 0. The lowest BCUT2D eigenvalue weighted by Gasteiger charge is -2.19. The number of amides is 1. The van der Waals surface area contributed by atoms with Gasteiger partial charge in [0.15, 0.2) is 11.5 Å². The largest absolute Gasteiger partial charge is 0.493 e. The summed E-state index contributed by atoms with van der Waals surface area (Å²) in [7, 11) is 3.10. The Balaban J connectivity index is 2.26. The van der Waals surface area contributed by atoms with Crippen LogP contribution < -0.4 is 14.8 Å². The first-order valence-electron chi connectivity index (χ1n) is 8.19. The molecule has 1 atom stereocenters. The minimum Gasteiger partial charge on any atom is -0.493 e. The summed E-state index contributed by atoms with van der Waals surface area (Å²) in [6.45, 7) is 3.58. The minimum atomic E-state index is -0.488. The number of nitro benzene ring substituents is 1. The molecule has 0 unspecified atom stereocenters. The number of nitrogens with zero attached hydrogens (tertiary/aromatic N) is 1. The third-order valence-electron chi connectivity index (χ3n) is 4.19. The molecule has 0 bridgehead atoms. The fourth-order valence-corrected chi connectivity index (χ4v) is 2.68.